The molecule has 1 aliphatic heterocycles. The van der Waals surface area contributed by atoms with Crippen molar-refractivity contribution in [3.8, 4) is 11.5 Å². The van der Waals surface area contributed by atoms with Crippen LogP contribution >= 0.6 is 0 Å². The molecule has 0 spiro atoms. The molecule has 1 saturated heterocycles. The SMILES string of the molecule is COc1cccc(C(=O)NC2CCN(c3nccn4c(=O)[nH]nc34)C2)c1OC. The van der Waals surface area contributed by atoms with Gasteiger partial charge in [0.1, 0.15) is 0 Å². The van der Waals surface area contributed by atoms with Gasteiger partial charge in [0.25, 0.3) is 5.91 Å². The number of benzene rings is 1. The first-order chi connectivity index (χ1) is 13.6. The van der Waals surface area contributed by atoms with Crippen molar-refractivity contribution in [2.24, 2.45) is 0 Å². The maximum Gasteiger partial charge on any atom is 0.347 e. The molecule has 10 heteroatoms. The van der Waals surface area contributed by atoms with Gasteiger partial charge in [0, 0.05) is 31.5 Å². The number of anilines is 1. The van der Waals surface area contributed by atoms with Gasteiger partial charge in [0.05, 0.1) is 19.8 Å². The van der Waals surface area contributed by atoms with Crippen LogP contribution in [0.1, 0.15) is 16.8 Å². The average molecular weight is 384 g/mol. The van der Waals surface area contributed by atoms with E-state index in [0.29, 0.717) is 41.6 Å². The van der Waals surface area contributed by atoms with Crippen LogP contribution in [0, 0.1) is 0 Å². The second-order valence-corrected chi connectivity index (χ2v) is 6.42. The molecule has 1 atom stereocenters. The molecule has 2 aromatic heterocycles. The molecule has 3 aromatic rings. The number of amides is 1. The normalized spacial score (nSPS) is 16.4. The van der Waals surface area contributed by atoms with E-state index in [4.69, 9.17) is 9.47 Å². The summed E-state index contributed by atoms with van der Waals surface area (Å²) in [5, 5.41) is 9.50. The minimum absolute atomic E-state index is 0.0730. The summed E-state index contributed by atoms with van der Waals surface area (Å²) in [6.07, 6.45) is 3.87. The van der Waals surface area contributed by atoms with Crippen LogP contribution in [-0.2, 0) is 0 Å². The zero-order valence-electron chi connectivity index (χ0n) is 15.5. The number of rotatable bonds is 5. The first-order valence-corrected chi connectivity index (χ1v) is 8.81. The molecule has 28 heavy (non-hydrogen) atoms. The third-order valence-corrected chi connectivity index (χ3v) is 4.79. The van der Waals surface area contributed by atoms with Crippen LogP contribution in [0.3, 0.4) is 0 Å². The Balaban J connectivity index is 1.51. The number of para-hydroxylation sites is 1. The zero-order valence-corrected chi connectivity index (χ0v) is 15.5. The maximum absolute atomic E-state index is 12.8. The second kappa shape index (κ2) is 7.22. The van der Waals surface area contributed by atoms with Crippen molar-refractivity contribution in [1.29, 1.82) is 0 Å². The second-order valence-electron chi connectivity index (χ2n) is 6.42. The zero-order chi connectivity index (χ0) is 19.7. The van der Waals surface area contributed by atoms with Gasteiger partial charge in [0.2, 0.25) is 5.65 Å². The van der Waals surface area contributed by atoms with Crippen LogP contribution in [0.5, 0.6) is 11.5 Å². The van der Waals surface area contributed by atoms with Crippen LogP contribution in [0.15, 0.2) is 35.4 Å². The van der Waals surface area contributed by atoms with E-state index < -0.39 is 0 Å². The lowest BCUT2D eigenvalue weighted by Crippen LogP contribution is -2.37. The fourth-order valence-electron chi connectivity index (χ4n) is 3.45. The Hall–Kier alpha value is -3.56. The van der Waals surface area contributed by atoms with E-state index in [1.165, 1.54) is 18.6 Å². The predicted octanol–water partition coefficient (Wildman–Crippen LogP) is 0.444. The summed E-state index contributed by atoms with van der Waals surface area (Å²) in [5.74, 6) is 1.28. The van der Waals surface area contributed by atoms with Gasteiger partial charge < -0.3 is 19.7 Å². The summed E-state index contributed by atoms with van der Waals surface area (Å²) in [4.78, 5) is 30.9. The van der Waals surface area contributed by atoms with Gasteiger partial charge >= 0.3 is 5.69 Å². The maximum atomic E-state index is 12.8. The topological polar surface area (TPSA) is 114 Å². The number of ether oxygens (including phenoxy) is 2. The third-order valence-electron chi connectivity index (χ3n) is 4.79. The molecule has 0 radical (unpaired) electrons. The lowest BCUT2D eigenvalue weighted by Gasteiger charge is -2.18. The first kappa shape index (κ1) is 17.8. The van der Waals surface area contributed by atoms with E-state index in [1.54, 1.807) is 30.6 Å². The van der Waals surface area contributed by atoms with Crippen molar-refractivity contribution in [3.63, 3.8) is 0 Å². The van der Waals surface area contributed by atoms with Crippen LogP contribution in [-0.4, -0.2) is 58.8 Å². The summed E-state index contributed by atoms with van der Waals surface area (Å²) in [6.45, 7) is 1.25. The lowest BCUT2D eigenvalue weighted by molar-refractivity contribution is 0.0936. The van der Waals surface area contributed by atoms with Gasteiger partial charge in [-0.2, -0.15) is 0 Å². The Morgan fingerprint density at radius 2 is 2.18 bits per heavy atom. The van der Waals surface area contributed by atoms with E-state index in [1.807, 2.05) is 4.90 Å². The summed E-state index contributed by atoms with van der Waals surface area (Å²) < 4.78 is 12.0. The van der Waals surface area contributed by atoms with Gasteiger partial charge in [0.15, 0.2) is 17.3 Å². The minimum atomic E-state index is -0.312. The Labute approximate surface area is 160 Å². The van der Waals surface area contributed by atoms with Crippen molar-refractivity contribution in [1.82, 2.24) is 24.9 Å². The highest BCUT2D eigenvalue weighted by Gasteiger charge is 2.28. The van der Waals surface area contributed by atoms with Gasteiger partial charge in [-0.3, -0.25) is 4.79 Å². The molecular formula is C18H20N6O4. The van der Waals surface area contributed by atoms with Crippen molar-refractivity contribution >= 4 is 17.4 Å². The number of H-pyrrole nitrogens is 1. The van der Waals surface area contributed by atoms with E-state index >= 15 is 0 Å². The Morgan fingerprint density at radius 1 is 1.32 bits per heavy atom. The molecule has 0 bridgehead atoms. The summed E-state index contributed by atoms with van der Waals surface area (Å²) in [7, 11) is 3.03. The van der Waals surface area contributed by atoms with E-state index in [0.717, 1.165) is 6.42 Å². The van der Waals surface area contributed by atoms with Crippen molar-refractivity contribution in [2.75, 3.05) is 32.2 Å². The van der Waals surface area contributed by atoms with Gasteiger partial charge in [-0.05, 0) is 18.6 Å². The Bertz CT molecular complexity index is 1080. The van der Waals surface area contributed by atoms with Gasteiger partial charge in [-0.25, -0.2) is 19.3 Å². The standard InChI is InChI=1S/C18H20N6O4/c1-27-13-5-3-4-12(14(13)28-2)17(25)20-11-6-8-23(10-11)15-16-21-22-18(26)24(16)9-7-19-15/h3-5,7,9,11H,6,8,10H2,1-2H3,(H,20,25)(H,22,26). The Kier molecular flexibility index (Phi) is 4.60. The number of carbonyl (C=O) groups is 1. The van der Waals surface area contributed by atoms with Crippen molar-refractivity contribution < 1.29 is 14.3 Å². The number of hydrogen-bond acceptors (Lipinski definition) is 7. The predicted molar refractivity (Wildman–Crippen MR) is 101 cm³/mol. The number of nitrogens with one attached hydrogen (secondary N) is 2. The van der Waals surface area contributed by atoms with Crippen LogP contribution in [0.2, 0.25) is 0 Å². The molecule has 1 fully saturated rings. The smallest absolute Gasteiger partial charge is 0.347 e. The molecular weight excluding hydrogens is 364 g/mol. The highest BCUT2D eigenvalue weighted by molar-refractivity contribution is 5.98. The fourth-order valence-corrected chi connectivity index (χ4v) is 3.45. The number of aromatic amines is 1. The summed E-state index contributed by atoms with van der Waals surface area (Å²) >= 11 is 0. The quantitative estimate of drug-likeness (QED) is 0.656. The van der Waals surface area contributed by atoms with Crippen molar-refractivity contribution in [3.05, 3.63) is 46.6 Å². The minimum Gasteiger partial charge on any atom is -0.493 e. The number of aromatic nitrogens is 4. The average Bonchev–Trinajstić information content (AvgIpc) is 3.34. The molecule has 1 aromatic carbocycles. The third kappa shape index (κ3) is 3.02. The van der Waals surface area contributed by atoms with Gasteiger partial charge in [-0.1, -0.05) is 6.07 Å². The van der Waals surface area contributed by atoms with E-state index in [-0.39, 0.29) is 17.6 Å². The fraction of sp³-hybridized carbons (Fsp3) is 0.333. The monoisotopic (exact) mass is 384 g/mol. The number of carbonyl (C=O) groups excluding carboxylic acids is 1. The Morgan fingerprint density at radius 3 is 2.96 bits per heavy atom. The molecule has 1 aliphatic rings. The van der Waals surface area contributed by atoms with Crippen LogP contribution < -0.4 is 25.4 Å². The first-order valence-electron chi connectivity index (χ1n) is 8.81. The number of nitrogens with zero attached hydrogens (tertiary/aromatic N) is 4. The van der Waals surface area contributed by atoms with E-state index in [2.05, 4.69) is 20.5 Å². The summed E-state index contributed by atoms with van der Waals surface area (Å²) in [6, 6.07) is 5.11. The number of methoxy groups -OCH3 is 2. The van der Waals surface area contributed by atoms with Crippen molar-refractivity contribution in [2.45, 2.75) is 12.5 Å². The molecule has 0 saturated carbocycles. The lowest BCUT2D eigenvalue weighted by atomic mass is 10.1. The van der Waals surface area contributed by atoms with Gasteiger partial charge in [-0.15, -0.1) is 5.10 Å². The molecule has 4 rings (SSSR count). The molecule has 1 unspecified atom stereocenters. The molecule has 3 heterocycles. The highest BCUT2D eigenvalue weighted by Crippen LogP contribution is 2.31. The number of hydrogen-bond donors (Lipinski definition) is 2. The molecule has 0 aliphatic carbocycles. The molecule has 1 amide bonds. The number of fused-ring (bicyclic) bond motifs is 1. The molecule has 10 nitrogen and oxygen atoms in total. The molecule has 2 N–H and O–H groups in total. The van der Waals surface area contributed by atoms with Crippen LogP contribution in [0.4, 0.5) is 5.82 Å². The largest absolute Gasteiger partial charge is 0.493 e. The van der Waals surface area contributed by atoms with E-state index in [9.17, 15) is 9.59 Å². The van der Waals surface area contributed by atoms with Crippen LogP contribution in [0.25, 0.3) is 5.65 Å². The highest BCUT2D eigenvalue weighted by atomic mass is 16.5. The summed E-state index contributed by atoms with van der Waals surface area (Å²) in [5.41, 5.74) is 0.571. The molecule has 146 valence electrons.